The Kier molecular flexibility index (Phi) is 3.44. The van der Waals surface area contributed by atoms with E-state index in [0.717, 1.165) is 30.4 Å². The second-order valence-corrected chi connectivity index (χ2v) is 5.30. The number of carbonyl (C=O) groups is 2. The van der Waals surface area contributed by atoms with E-state index in [1.807, 2.05) is 6.07 Å². The van der Waals surface area contributed by atoms with Crippen molar-refractivity contribution in [2.75, 3.05) is 13.2 Å². The van der Waals surface area contributed by atoms with Crippen molar-refractivity contribution >= 4 is 11.9 Å². The fraction of sp³-hybridized carbons (Fsp3) is 0.467. The van der Waals surface area contributed by atoms with Crippen LogP contribution in [0.25, 0.3) is 0 Å². The van der Waals surface area contributed by atoms with Crippen LogP contribution < -0.4 is 0 Å². The quantitative estimate of drug-likeness (QED) is 0.887. The van der Waals surface area contributed by atoms with Crippen LogP contribution in [0.15, 0.2) is 18.2 Å². The molecular formula is C15H17NO4. The zero-order valence-corrected chi connectivity index (χ0v) is 11.2. The summed E-state index contributed by atoms with van der Waals surface area (Å²) in [6, 6.07) is 5.15. The monoisotopic (exact) mass is 275 g/mol. The Morgan fingerprint density at radius 3 is 2.85 bits per heavy atom. The lowest BCUT2D eigenvalue weighted by Gasteiger charge is -2.30. The van der Waals surface area contributed by atoms with E-state index in [1.54, 1.807) is 17.0 Å². The highest BCUT2D eigenvalue weighted by molar-refractivity contribution is 5.88. The number of carboxylic acid groups (broad SMARTS) is 1. The van der Waals surface area contributed by atoms with Gasteiger partial charge in [-0.3, -0.25) is 4.79 Å². The minimum atomic E-state index is -0.935. The van der Waals surface area contributed by atoms with Crippen molar-refractivity contribution in [3.05, 3.63) is 34.9 Å². The summed E-state index contributed by atoms with van der Waals surface area (Å²) in [6.07, 6.45) is 2.19. The number of carboxylic acids is 1. The lowest BCUT2D eigenvalue weighted by atomic mass is 9.97. The summed E-state index contributed by atoms with van der Waals surface area (Å²) in [5.74, 6) is -0.899. The molecule has 2 heterocycles. The van der Waals surface area contributed by atoms with Gasteiger partial charge in [-0.2, -0.15) is 0 Å². The van der Waals surface area contributed by atoms with Crippen molar-refractivity contribution in [3.8, 4) is 0 Å². The summed E-state index contributed by atoms with van der Waals surface area (Å²) < 4.78 is 5.43. The van der Waals surface area contributed by atoms with Crippen LogP contribution in [0.3, 0.4) is 0 Å². The van der Waals surface area contributed by atoms with Gasteiger partial charge in [0.1, 0.15) is 6.10 Å². The topological polar surface area (TPSA) is 66.8 Å². The first-order valence-electron chi connectivity index (χ1n) is 6.90. The summed E-state index contributed by atoms with van der Waals surface area (Å²) in [5.41, 5.74) is 2.34. The zero-order valence-electron chi connectivity index (χ0n) is 11.2. The number of hydrogen-bond acceptors (Lipinski definition) is 3. The van der Waals surface area contributed by atoms with Gasteiger partial charge in [0.2, 0.25) is 0 Å². The highest BCUT2D eigenvalue weighted by Gasteiger charge is 2.30. The van der Waals surface area contributed by atoms with Gasteiger partial charge in [0.05, 0.1) is 5.56 Å². The Bertz CT molecular complexity index is 549. The average molecular weight is 275 g/mol. The summed E-state index contributed by atoms with van der Waals surface area (Å²) in [4.78, 5) is 25.1. The fourth-order valence-corrected chi connectivity index (χ4v) is 2.85. The van der Waals surface area contributed by atoms with Crippen molar-refractivity contribution in [2.45, 2.75) is 31.9 Å². The molecule has 0 spiro atoms. The molecule has 1 atom stereocenters. The van der Waals surface area contributed by atoms with Gasteiger partial charge in [-0.05, 0) is 42.5 Å². The van der Waals surface area contributed by atoms with Gasteiger partial charge in [0.15, 0.2) is 0 Å². The fourth-order valence-electron chi connectivity index (χ4n) is 2.85. The van der Waals surface area contributed by atoms with Gasteiger partial charge in [0, 0.05) is 19.7 Å². The normalized spacial score (nSPS) is 21.6. The molecule has 1 amide bonds. The Morgan fingerprint density at radius 1 is 1.30 bits per heavy atom. The van der Waals surface area contributed by atoms with Crippen molar-refractivity contribution in [3.63, 3.8) is 0 Å². The molecule has 3 rings (SSSR count). The molecule has 1 aromatic carbocycles. The molecule has 1 N–H and O–H groups in total. The molecular weight excluding hydrogens is 258 g/mol. The van der Waals surface area contributed by atoms with Crippen LogP contribution in [0.5, 0.6) is 0 Å². The molecule has 20 heavy (non-hydrogen) atoms. The average Bonchev–Trinajstić information content (AvgIpc) is 2.99. The molecule has 0 saturated carbocycles. The second kappa shape index (κ2) is 5.25. The molecule has 1 fully saturated rings. The highest BCUT2D eigenvalue weighted by Crippen LogP contribution is 2.23. The molecule has 1 saturated heterocycles. The summed E-state index contributed by atoms with van der Waals surface area (Å²) in [6.45, 7) is 1.82. The summed E-state index contributed by atoms with van der Waals surface area (Å²) in [5, 5.41) is 9.03. The summed E-state index contributed by atoms with van der Waals surface area (Å²) in [7, 11) is 0. The lowest BCUT2D eigenvalue weighted by molar-refractivity contribution is -0.141. The minimum Gasteiger partial charge on any atom is -0.478 e. The molecule has 0 aromatic heterocycles. The van der Waals surface area contributed by atoms with Crippen molar-refractivity contribution in [2.24, 2.45) is 0 Å². The van der Waals surface area contributed by atoms with Gasteiger partial charge in [-0.15, -0.1) is 0 Å². The summed E-state index contributed by atoms with van der Waals surface area (Å²) >= 11 is 0. The molecule has 0 aliphatic carbocycles. The van der Waals surface area contributed by atoms with E-state index in [0.29, 0.717) is 19.7 Å². The van der Waals surface area contributed by atoms with Crippen LogP contribution in [-0.4, -0.2) is 41.1 Å². The third-order valence-corrected chi connectivity index (χ3v) is 3.98. The molecule has 0 radical (unpaired) electrons. The van der Waals surface area contributed by atoms with E-state index in [4.69, 9.17) is 9.84 Å². The minimum absolute atomic E-state index is 0.0360. The number of carbonyl (C=O) groups excluding carboxylic acids is 1. The molecule has 5 nitrogen and oxygen atoms in total. The molecule has 106 valence electrons. The molecule has 5 heteroatoms. The number of rotatable bonds is 2. The van der Waals surface area contributed by atoms with E-state index < -0.39 is 5.97 Å². The van der Waals surface area contributed by atoms with Crippen LogP contribution in [0.4, 0.5) is 0 Å². The first-order chi connectivity index (χ1) is 9.65. The predicted molar refractivity (Wildman–Crippen MR) is 71.5 cm³/mol. The van der Waals surface area contributed by atoms with Crippen molar-refractivity contribution < 1.29 is 19.4 Å². The number of amides is 1. The molecule has 2 aliphatic rings. The standard InChI is InChI=1S/C15H17NO4/c17-14(13-2-1-7-20-13)16-6-5-10-3-4-11(15(18)19)8-12(10)9-16/h3-4,8,13H,1-2,5-7,9H2,(H,18,19)/t13-/m1/s1. The highest BCUT2D eigenvalue weighted by atomic mass is 16.5. The molecule has 1 aromatic rings. The molecule has 2 aliphatic heterocycles. The maximum atomic E-state index is 12.3. The Hall–Kier alpha value is -1.88. The van der Waals surface area contributed by atoms with E-state index in [1.165, 1.54) is 0 Å². The molecule has 0 bridgehead atoms. The smallest absolute Gasteiger partial charge is 0.335 e. The van der Waals surface area contributed by atoms with E-state index in [-0.39, 0.29) is 17.6 Å². The molecule has 0 unspecified atom stereocenters. The Morgan fingerprint density at radius 2 is 2.15 bits per heavy atom. The van der Waals surface area contributed by atoms with Gasteiger partial charge in [0.25, 0.3) is 5.91 Å². The SMILES string of the molecule is O=C(O)c1ccc2c(c1)CN(C(=O)[C@H]1CCCO1)CC2. The van der Waals surface area contributed by atoms with Crippen LogP contribution >= 0.6 is 0 Å². The van der Waals surface area contributed by atoms with Crippen LogP contribution in [0, 0.1) is 0 Å². The number of hydrogen-bond donors (Lipinski definition) is 1. The number of aromatic carboxylic acids is 1. The third-order valence-electron chi connectivity index (χ3n) is 3.98. The first-order valence-corrected chi connectivity index (χ1v) is 6.90. The third kappa shape index (κ3) is 2.41. The zero-order chi connectivity index (χ0) is 14.1. The predicted octanol–water partition coefficient (Wildman–Crippen LogP) is 1.45. The Balaban J connectivity index is 1.78. The van der Waals surface area contributed by atoms with E-state index >= 15 is 0 Å². The van der Waals surface area contributed by atoms with Crippen LogP contribution in [0.2, 0.25) is 0 Å². The number of ether oxygens (including phenoxy) is 1. The number of nitrogens with zero attached hydrogens (tertiary/aromatic N) is 1. The Labute approximate surface area is 117 Å². The largest absolute Gasteiger partial charge is 0.478 e. The maximum Gasteiger partial charge on any atom is 0.335 e. The number of fused-ring (bicyclic) bond motifs is 1. The van der Waals surface area contributed by atoms with Gasteiger partial charge < -0.3 is 14.7 Å². The maximum absolute atomic E-state index is 12.3. The van der Waals surface area contributed by atoms with Crippen molar-refractivity contribution in [1.29, 1.82) is 0 Å². The number of benzene rings is 1. The first kappa shape index (κ1) is 13.1. The van der Waals surface area contributed by atoms with E-state index in [9.17, 15) is 9.59 Å². The van der Waals surface area contributed by atoms with E-state index in [2.05, 4.69) is 0 Å². The second-order valence-electron chi connectivity index (χ2n) is 5.30. The van der Waals surface area contributed by atoms with Gasteiger partial charge in [-0.1, -0.05) is 6.07 Å². The van der Waals surface area contributed by atoms with Gasteiger partial charge in [-0.25, -0.2) is 4.79 Å². The van der Waals surface area contributed by atoms with Crippen LogP contribution in [-0.2, 0) is 22.5 Å². The van der Waals surface area contributed by atoms with Crippen LogP contribution in [0.1, 0.15) is 34.3 Å². The van der Waals surface area contributed by atoms with Crippen molar-refractivity contribution in [1.82, 2.24) is 4.90 Å². The van der Waals surface area contributed by atoms with Gasteiger partial charge >= 0.3 is 5.97 Å². The lowest BCUT2D eigenvalue weighted by Crippen LogP contribution is -2.41.